The number of rotatable bonds is 7. The first-order valence-corrected chi connectivity index (χ1v) is 8.97. The van der Waals surface area contributed by atoms with Gasteiger partial charge in [0.1, 0.15) is 0 Å². The van der Waals surface area contributed by atoms with Crippen LogP contribution in [-0.4, -0.2) is 27.1 Å². The van der Waals surface area contributed by atoms with E-state index in [-0.39, 0.29) is 11.2 Å². The molecule has 0 aliphatic carbocycles. The van der Waals surface area contributed by atoms with Gasteiger partial charge < -0.3 is 0 Å². The third-order valence-corrected chi connectivity index (χ3v) is 5.47. The fourth-order valence-corrected chi connectivity index (χ4v) is 3.82. The molecule has 0 unspecified atom stereocenters. The van der Waals surface area contributed by atoms with Gasteiger partial charge in [0.25, 0.3) is 0 Å². The summed E-state index contributed by atoms with van der Waals surface area (Å²) in [6.45, 7) is 5.53. The Morgan fingerprint density at radius 3 is 2.90 bits per heavy atom. The molecule has 1 atom stereocenters. The molecule has 4 nitrogen and oxygen atoms in total. The highest BCUT2D eigenvalue weighted by Crippen LogP contribution is 2.27. The van der Waals surface area contributed by atoms with Gasteiger partial charge in [0.15, 0.2) is 4.34 Å². The van der Waals surface area contributed by atoms with Gasteiger partial charge in [0.2, 0.25) is 11.0 Å². The quantitative estimate of drug-likeness (QED) is 0.471. The highest BCUT2D eigenvalue weighted by atomic mass is 32.2. The van der Waals surface area contributed by atoms with Crippen LogP contribution >= 0.6 is 34.9 Å². The van der Waals surface area contributed by atoms with E-state index in [1.807, 2.05) is 43.3 Å². The van der Waals surface area contributed by atoms with Gasteiger partial charge in [0.05, 0.1) is 5.25 Å². The Balaban J connectivity index is 1.88. The zero-order chi connectivity index (χ0) is 15.1. The summed E-state index contributed by atoms with van der Waals surface area (Å²) >= 11 is 4.44. The van der Waals surface area contributed by atoms with Crippen LogP contribution in [0.4, 0.5) is 5.13 Å². The van der Waals surface area contributed by atoms with E-state index in [0.29, 0.717) is 5.13 Å². The third-order valence-electron chi connectivity index (χ3n) is 2.39. The van der Waals surface area contributed by atoms with Gasteiger partial charge in [-0.1, -0.05) is 47.4 Å². The summed E-state index contributed by atoms with van der Waals surface area (Å²) < 4.78 is 0.827. The topological polar surface area (TPSA) is 54.9 Å². The van der Waals surface area contributed by atoms with Gasteiger partial charge in [-0.3, -0.25) is 10.1 Å². The molecule has 1 heterocycles. The number of hydrogen-bond donors (Lipinski definition) is 1. The Labute approximate surface area is 136 Å². The molecular formula is C14H15N3OS3. The van der Waals surface area contributed by atoms with Crippen LogP contribution in [0.1, 0.15) is 6.92 Å². The molecule has 7 heteroatoms. The lowest BCUT2D eigenvalue weighted by Gasteiger charge is -2.09. The predicted molar refractivity (Wildman–Crippen MR) is 91.2 cm³/mol. The predicted octanol–water partition coefficient (Wildman–Crippen LogP) is 3.94. The molecular weight excluding hydrogens is 322 g/mol. The fourth-order valence-electron chi connectivity index (χ4n) is 1.41. The average molecular weight is 337 g/mol. The second-order valence-electron chi connectivity index (χ2n) is 4.04. The van der Waals surface area contributed by atoms with E-state index in [9.17, 15) is 4.79 Å². The number of nitrogens with zero attached hydrogens (tertiary/aromatic N) is 2. The van der Waals surface area contributed by atoms with Crippen molar-refractivity contribution in [3.8, 4) is 0 Å². The van der Waals surface area contributed by atoms with Crippen molar-refractivity contribution in [3.05, 3.63) is 43.0 Å². The maximum absolute atomic E-state index is 12.1. The minimum absolute atomic E-state index is 0.0692. The second-order valence-corrected chi connectivity index (χ2v) is 7.69. The summed E-state index contributed by atoms with van der Waals surface area (Å²) in [6, 6.07) is 9.85. The van der Waals surface area contributed by atoms with Crippen LogP contribution in [0.5, 0.6) is 0 Å². The Kier molecular flexibility index (Phi) is 6.28. The van der Waals surface area contributed by atoms with Crippen LogP contribution in [0.15, 0.2) is 52.2 Å². The van der Waals surface area contributed by atoms with Crippen molar-refractivity contribution in [2.24, 2.45) is 0 Å². The molecule has 2 rings (SSSR count). The smallest absolute Gasteiger partial charge is 0.239 e. The molecule has 1 N–H and O–H groups in total. The van der Waals surface area contributed by atoms with Gasteiger partial charge in [-0.25, -0.2) is 0 Å². The van der Waals surface area contributed by atoms with E-state index >= 15 is 0 Å². The van der Waals surface area contributed by atoms with E-state index in [2.05, 4.69) is 22.1 Å². The van der Waals surface area contributed by atoms with Crippen molar-refractivity contribution in [2.75, 3.05) is 11.1 Å². The molecule has 110 valence electrons. The van der Waals surface area contributed by atoms with Crippen LogP contribution in [0, 0.1) is 0 Å². The van der Waals surface area contributed by atoms with Gasteiger partial charge in [0, 0.05) is 10.6 Å². The fraction of sp³-hybridized carbons (Fsp3) is 0.214. The summed E-state index contributed by atoms with van der Waals surface area (Å²) in [7, 11) is 0. The van der Waals surface area contributed by atoms with E-state index in [1.54, 1.807) is 11.8 Å². The number of nitrogens with one attached hydrogen (secondary N) is 1. The molecule has 0 radical (unpaired) electrons. The van der Waals surface area contributed by atoms with E-state index in [4.69, 9.17) is 0 Å². The van der Waals surface area contributed by atoms with Crippen LogP contribution < -0.4 is 5.32 Å². The maximum atomic E-state index is 12.1. The first kappa shape index (κ1) is 16.1. The Morgan fingerprint density at radius 1 is 1.43 bits per heavy atom. The lowest BCUT2D eigenvalue weighted by atomic mass is 10.4. The molecule has 1 aromatic carbocycles. The summed E-state index contributed by atoms with van der Waals surface area (Å²) in [5, 5.41) is 11.1. The molecule has 1 aromatic heterocycles. The molecule has 0 bridgehead atoms. The first-order valence-electron chi connectivity index (χ1n) is 6.29. The number of aromatic nitrogens is 2. The third kappa shape index (κ3) is 5.18. The molecule has 0 aliphatic heterocycles. The zero-order valence-corrected chi connectivity index (χ0v) is 13.9. The standard InChI is InChI=1S/C14H15N3OS3/c1-3-9-19-14-17-16-13(21-14)15-12(18)10(2)20-11-7-5-4-6-8-11/h3-8,10H,1,9H2,2H3,(H,15,16,18)/t10-/m1/s1. The maximum Gasteiger partial charge on any atom is 0.239 e. The van der Waals surface area contributed by atoms with Crippen LogP contribution in [0.3, 0.4) is 0 Å². The normalized spacial score (nSPS) is 11.9. The molecule has 21 heavy (non-hydrogen) atoms. The molecule has 0 fully saturated rings. The Hall–Kier alpha value is -1.31. The summed E-state index contributed by atoms with van der Waals surface area (Å²) in [5.41, 5.74) is 0. The minimum Gasteiger partial charge on any atom is -0.300 e. The van der Waals surface area contributed by atoms with E-state index < -0.39 is 0 Å². The average Bonchev–Trinajstić information content (AvgIpc) is 2.93. The van der Waals surface area contributed by atoms with Crippen molar-refractivity contribution in [1.82, 2.24) is 10.2 Å². The Morgan fingerprint density at radius 2 is 2.19 bits per heavy atom. The molecule has 0 saturated carbocycles. The summed E-state index contributed by atoms with van der Waals surface area (Å²) in [6.07, 6.45) is 1.81. The second kappa shape index (κ2) is 8.21. The number of benzene rings is 1. The van der Waals surface area contributed by atoms with Crippen molar-refractivity contribution in [1.29, 1.82) is 0 Å². The van der Waals surface area contributed by atoms with Crippen molar-refractivity contribution in [3.63, 3.8) is 0 Å². The highest BCUT2D eigenvalue weighted by Gasteiger charge is 2.16. The zero-order valence-electron chi connectivity index (χ0n) is 11.5. The number of amides is 1. The van der Waals surface area contributed by atoms with Crippen LogP contribution in [-0.2, 0) is 4.79 Å². The monoisotopic (exact) mass is 337 g/mol. The highest BCUT2D eigenvalue weighted by molar-refractivity contribution is 8.01. The van der Waals surface area contributed by atoms with Gasteiger partial charge in [-0.15, -0.1) is 28.5 Å². The largest absolute Gasteiger partial charge is 0.300 e. The minimum atomic E-state index is -0.194. The number of carbonyl (C=O) groups is 1. The SMILES string of the molecule is C=CCSc1nnc(NC(=O)[C@@H](C)Sc2ccccc2)s1. The number of carbonyl (C=O) groups excluding carboxylic acids is 1. The van der Waals surface area contributed by atoms with Crippen LogP contribution in [0.2, 0.25) is 0 Å². The van der Waals surface area contributed by atoms with Crippen LogP contribution in [0.25, 0.3) is 0 Å². The number of anilines is 1. The molecule has 0 aliphatic rings. The van der Waals surface area contributed by atoms with E-state index in [0.717, 1.165) is 15.0 Å². The first-order chi connectivity index (χ1) is 10.2. The van der Waals surface area contributed by atoms with Gasteiger partial charge in [-0.2, -0.15) is 0 Å². The molecule has 0 spiro atoms. The summed E-state index contributed by atoms with van der Waals surface area (Å²) in [5.74, 6) is 0.711. The van der Waals surface area contributed by atoms with E-state index in [1.165, 1.54) is 23.1 Å². The lowest BCUT2D eigenvalue weighted by molar-refractivity contribution is -0.115. The molecule has 1 amide bonds. The van der Waals surface area contributed by atoms with Crippen molar-refractivity contribution in [2.45, 2.75) is 21.4 Å². The summed E-state index contributed by atoms with van der Waals surface area (Å²) in [4.78, 5) is 13.2. The van der Waals surface area contributed by atoms with Gasteiger partial charge in [-0.05, 0) is 19.1 Å². The van der Waals surface area contributed by atoms with Crippen molar-refractivity contribution < 1.29 is 4.79 Å². The molecule has 2 aromatic rings. The number of hydrogen-bond acceptors (Lipinski definition) is 6. The lowest BCUT2D eigenvalue weighted by Crippen LogP contribution is -2.22. The number of thioether (sulfide) groups is 2. The van der Waals surface area contributed by atoms with Crippen molar-refractivity contribution >= 4 is 45.9 Å². The Bertz CT molecular complexity index is 601. The van der Waals surface area contributed by atoms with Gasteiger partial charge >= 0.3 is 0 Å². The molecule has 0 saturated heterocycles.